The van der Waals surface area contributed by atoms with Crippen LogP contribution in [0.15, 0.2) is 35.1 Å². The number of nitrogens with one attached hydrogen (secondary N) is 1. The van der Waals surface area contributed by atoms with Crippen molar-refractivity contribution in [2.75, 3.05) is 14.2 Å². The van der Waals surface area contributed by atoms with Gasteiger partial charge >= 0.3 is 0 Å². The summed E-state index contributed by atoms with van der Waals surface area (Å²) < 4.78 is 8.51. The van der Waals surface area contributed by atoms with E-state index in [2.05, 4.69) is 32.3 Å². The van der Waals surface area contributed by atoms with Gasteiger partial charge in [-0.15, -0.1) is 0 Å². The summed E-state index contributed by atoms with van der Waals surface area (Å²) in [4.78, 5) is 4.37. The summed E-state index contributed by atoms with van der Waals surface area (Å²) >= 11 is 3.46. The van der Waals surface area contributed by atoms with Crippen LogP contribution in [0.4, 0.5) is 0 Å². The molecule has 0 saturated carbocycles. The number of halogens is 1. The van der Waals surface area contributed by atoms with Gasteiger partial charge < -0.3 is 14.6 Å². The number of rotatable bonds is 5. The van der Waals surface area contributed by atoms with Gasteiger partial charge in [0.05, 0.1) is 7.11 Å². The molecule has 1 aromatic heterocycles. The average molecular weight is 324 g/mol. The number of aromatic nitrogens is 2. The van der Waals surface area contributed by atoms with E-state index in [-0.39, 0.29) is 6.04 Å². The van der Waals surface area contributed by atoms with E-state index in [1.165, 1.54) is 0 Å². The Morgan fingerprint density at radius 1 is 1.47 bits per heavy atom. The predicted molar refractivity (Wildman–Crippen MR) is 79.4 cm³/mol. The highest BCUT2D eigenvalue weighted by molar-refractivity contribution is 9.10. The summed E-state index contributed by atoms with van der Waals surface area (Å²) in [5, 5.41) is 3.33. The maximum absolute atomic E-state index is 5.46. The van der Waals surface area contributed by atoms with E-state index >= 15 is 0 Å². The van der Waals surface area contributed by atoms with Crippen molar-refractivity contribution in [2.24, 2.45) is 7.05 Å². The van der Waals surface area contributed by atoms with Crippen LogP contribution in [0.3, 0.4) is 0 Å². The Morgan fingerprint density at radius 2 is 2.26 bits per heavy atom. The molecular formula is C14H18BrN3O. The van der Waals surface area contributed by atoms with Crippen molar-refractivity contribution >= 4 is 15.9 Å². The fourth-order valence-corrected chi connectivity index (χ4v) is 2.46. The molecule has 19 heavy (non-hydrogen) atoms. The summed E-state index contributed by atoms with van der Waals surface area (Å²) in [6.45, 7) is 0. The molecule has 0 radical (unpaired) electrons. The highest BCUT2D eigenvalue weighted by Gasteiger charge is 2.17. The van der Waals surface area contributed by atoms with Gasteiger partial charge in [0.25, 0.3) is 0 Å². The molecule has 1 atom stereocenters. The Hall–Kier alpha value is -1.33. The molecule has 4 nitrogen and oxygen atoms in total. The van der Waals surface area contributed by atoms with Crippen LogP contribution in [0.5, 0.6) is 5.75 Å². The largest absolute Gasteiger partial charge is 0.496 e. The highest BCUT2D eigenvalue weighted by atomic mass is 79.9. The lowest BCUT2D eigenvalue weighted by molar-refractivity contribution is 0.400. The predicted octanol–water partition coefficient (Wildman–Crippen LogP) is 2.69. The maximum Gasteiger partial charge on any atom is 0.124 e. The van der Waals surface area contributed by atoms with Gasteiger partial charge in [0.15, 0.2) is 0 Å². The van der Waals surface area contributed by atoms with Crippen LogP contribution in [0.25, 0.3) is 0 Å². The fourth-order valence-electron chi connectivity index (χ4n) is 2.12. The molecular weight excluding hydrogens is 306 g/mol. The van der Waals surface area contributed by atoms with Crippen LogP contribution in [-0.4, -0.2) is 23.7 Å². The zero-order valence-electron chi connectivity index (χ0n) is 11.4. The monoisotopic (exact) mass is 323 g/mol. The molecule has 2 rings (SSSR count). The van der Waals surface area contributed by atoms with Gasteiger partial charge in [-0.3, -0.25) is 0 Å². The molecule has 1 N–H and O–H groups in total. The molecule has 1 aromatic carbocycles. The first-order valence-corrected chi connectivity index (χ1v) is 6.92. The first-order chi connectivity index (χ1) is 9.15. The number of hydrogen-bond acceptors (Lipinski definition) is 3. The van der Waals surface area contributed by atoms with Crippen molar-refractivity contribution in [2.45, 2.75) is 12.5 Å². The van der Waals surface area contributed by atoms with Crippen molar-refractivity contribution in [1.29, 1.82) is 0 Å². The van der Waals surface area contributed by atoms with Gasteiger partial charge in [0, 0.05) is 41.9 Å². The number of ether oxygens (including phenoxy) is 1. The molecule has 0 saturated heterocycles. The summed E-state index contributed by atoms with van der Waals surface area (Å²) in [7, 11) is 5.65. The zero-order chi connectivity index (χ0) is 13.8. The molecule has 0 aliphatic carbocycles. The summed E-state index contributed by atoms with van der Waals surface area (Å²) in [6.07, 6.45) is 4.60. The minimum atomic E-state index is 0.171. The van der Waals surface area contributed by atoms with Gasteiger partial charge in [-0.2, -0.15) is 0 Å². The van der Waals surface area contributed by atoms with E-state index in [9.17, 15) is 0 Å². The van der Waals surface area contributed by atoms with E-state index in [0.717, 1.165) is 28.0 Å². The van der Waals surface area contributed by atoms with Crippen molar-refractivity contribution in [3.63, 3.8) is 0 Å². The third kappa shape index (κ3) is 3.16. The Balaban J connectivity index is 2.29. The summed E-state index contributed by atoms with van der Waals surface area (Å²) in [5.74, 6) is 1.92. The molecule has 0 aliphatic rings. The van der Waals surface area contributed by atoms with Gasteiger partial charge in [-0.1, -0.05) is 22.0 Å². The SMILES string of the molecule is CNC(Cc1nccn1C)c1ccc(Br)cc1OC. The molecule has 0 fully saturated rings. The Bertz CT molecular complexity index is 553. The Labute approximate surface area is 121 Å². The third-order valence-corrected chi connectivity index (χ3v) is 3.72. The molecule has 0 aliphatic heterocycles. The van der Waals surface area contributed by atoms with Crippen LogP contribution in [0.1, 0.15) is 17.4 Å². The smallest absolute Gasteiger partial charge is 0.124 e. The van der Waals surface area contributed by atoms with Crippen LogP contribution in [-0.2, 0) is 13.5 Å². The van der Waals surface area contributed by atoms with Gasteiger partial charge in [-0.25, -0.2) is 4.98 Å². The number of hydrogen-bond donors (Lipinski definition) is 1. The van der Waals surface area contributed by atoms with Gasteiger partial charge in [-0.05, 0) is 19.2 Å². The van der Waals surface area contributed by atoms with E-state index in [4.69, 9.17) is 4.74 Å². The average Bonchev–Trinajstić information content (AvgIpc) is 2.81. The third-order valence-electron chi connectivity index (χ3n) is 3.23. The van der Waals surface area contributed by atoms with Gasteiger partial charge in [0.1, 0.15) is 11.6 Å². The number of likely N-dealkylation sites (N-methyl/N-ethyl adjacent to an activating group) is 1. The molecule has 5 heteroatoms. The van der Waals surface area contributed by atoms with Crippen molar-refractivity contribution in [3.8, 4) is 5.75 Å². The maximum atomic E-state index is 5.46. The lowest BCUT2D eigenvalue weighted by atomic mass is 10.0. The van der Waals surface area contributed by atoms with Crippen molar-refractivity contribution < 1.29 is 4.74 Å². The van der Waals surface area contributed by atoms with Crippen LogP contribution < -0.4 is 10.1 Å². The topological polar surface area (TPSA) is 39.1 Å². The zero-order valence-corrected chi connectivity index (χ0v) is 12.9. The van der Waals surface area contributed by atoms with E-state index in [0.29, 0.717) is 0 Å². The molecule has 1 heterocycles. The van der Waals surface area contributed by atoms with E-state index < -0.39 is 0 Å². The highest BCUT2D eigenvalue weighted by Crippen LogP contribution is 2.30. The Morgan fingerprint density at radius 3 is 2.84 bits per heavy atom. The van der Waals surface area contributed by atoms with E-state index in [1.54, 1.807) is 7.11 Å². The van der Waals surface area contributed by atoms with Gasteiger partial charge in [0.2, 0.25) is 0 Å². The Kier molecular flexibility index (Phi) is 4.61. The van der Waals surface area contributed by atoms with Crippen molar-refractivity contribution in [3.05, 3.63) is 46.5 Å². The van der Waals surface area contributed by atoms with Crippen molar-refractivity contribution in [1.82, 2.24) is 14.9 Å². The molecule has 0 bridgehead atoms. The second-order valence-corrected chi connectivity index (χ2v) is 5.30. The minimum absolute atomic E-state index is 0.171. The second-order valence-electron chi connectivity index (χ2n) is 4.39. The molecule has 102 valence electrons. The number of aryl methyl sites for hydroxylation is 1. The van der Waals surface area contributed by atoms with Crippen LogP contribution in [0.2, 0.25) is 0 Å². The van der Waals surface area contributed by atoms with E-state index in [1.807, 2.05) is 43.2 Å². The molecule has 2 aromatic rings. The lowest BCUT2D eigenvalue weighted by Crippen LogP contribution is -2.21. The summed E-state index contributed by atoms with van der Waals surface area (Å²) in [6, 6.07) is 6.26. The fraction of sp³-hybridized carbons (Fsp3) is 0.357. The quantitative estimate of drug-likeness (QED) is 0.919. The molecule has 0 spiro atoms. The first kappa shape index (κ1) is 14.1. The first-order valence-electron chi connectivity index (χ1n) is 6.12. The summed E-state index contributed by atoms with van der Waals surface area (Å²) in [5.41, 5.74) is 1.14. The number of nitrogens with zero attached hydrogens (tertiary/aromatic N) is 2. The number of benzene rings is 1. The standard InChI is InChI=1S/C14H18BrN3O/c1-16-12(9-14-17-6-7-18(14)2)11-5-4-10(15)8-13(11)19-3/h4-8,12,16H,9H2,1-3H3. The number of methoxy groups -OCH3 is 1. The second kappa shape index (κ2) is 6.21. The van der Waals surface area contributed by atoms with Crippen LogP contribution in [0, 0.1) is 0 Å². The molecule has 0 amide bonds. The number of imidazole rings is 1. The lowest BCUT2D eigenvalue weighted by Gasteiger charge is -2.19. The normalized spacial score (nSPS) is 12.4. The molecule has 1 unspecified atom stereocenters. The minimum Gasteiger partial charge on any atom is -0.496 e. The van der Waals surface area contributed by atoms with Crippen LogP contribution >= 0.6 is 15.9 Å².